The van der Waals surface area contributed by atoms with E-state index in [1.807, 2.05) is 62.4 Å². The fourth-order valence-corrected chi connectivity index (χ4v) is 2.60. The van der Waals surface area contributed by atoms with Crippen molar-refractivity contribution in [1.29, 1.82) is 0 Å². The van der Waals surface area contributed by atoms with Crippen LogP contribution in [0.2, 0.25) is 0 Å². The van der Waals surface area contributed by atoms with Crippen LogP contribution in [-0.2, 0) is 6.54 Å². The van der Waals surface area contributed by atoms with Crippen molar-refractivity contribution in [3.63, 3.8) is 0 Å². The molecule has 3 aromatic rings. The minimum absolute atomic E-state index is 0.134. The van der Waals surface area contributed by atoms with Crippen molar-refractivity contribution in [3.8, 4) is 22.8 Å². The number of benzene rings is 2. The molecular weight excluding hydrogens is 342 g/mol. The summed E-state index contributed by atoms with van der Waals surface area (Å²) in [4.78, 5) is 12.4. The molecule has 0 fully saturated rings. The number of amides is 1. The van der Waals surface area contributed by atoms with Crippen molar-refractivity contribution in [2.75, 3.05) is 7.11 Å². The Morgan fingerprint density at radius 2 is 1.89 bits per heavy atom. The second-order valence-electron chi connectivity index (χ2n) is 6.39. The van der Waals surface area contributed by atoms with Gasteiger partial charge in [-0.3, -0.25) is 9.89 Å². The summed E-state index contributed by atoms with van der Waals surface area (Å²) in [6.45, 7) is 4.39. The van der Waals surface area contributed by atoms with E-state index in [-0.39, 0.29) is 12.0 Å². The number of carbonyl (C=O) groups excluding carboxylic acids is 1. The summed E-state index contributed by atoms with van der Waals surface area (Å²) < 4.78 is 10.8. The van der Waals surface area contributed by atoms with E-state index in [2.05, 4.69) is 15.5 Å². The largest absolute Gasteiger partial charge is 0.497 e. The summed E-state index contributed by atoms with van der Waals surface area (Å²) in [5.74, 6) is 1.35. The molecule has 0 saturated heterocycles. The van der Waals surface area contributed by atoms with Crippen LogP contribution in [0.5, 0.6) is 11.5 Å². The van der Waals surface area contributed by atoms with Crippen LogP contribution in [0.4, 0.5) is 0 Å². The van der Waals surface area contributed by atoms with Gasteiger partial charge in [0.15, 0.2) is 0 Å². The van der Waals surface area contributed by atoms with E-state index in [0.717, 1.165) is 22.6 Å². The third-order valence-electron chi connectivity index (χ3n) is 3.94. The van der Waals surface area contributed by atoms with Crippen molar-refractivity contribution in [3.05, 3.63) is 65.9 Å². The summed E-state index contributed by atoms with van der Waals surface area (Å²) in [7, 11) is 1.62. The van der Waals surface area contributed by atoms with Gasteiger partial charge in [-0.15, -0.1) is 0 Å². The summed E-state index contributed by atoms with van der Waals surface area (Å²) in [6, 6.07) is 16.9. The van der Waals surface area contributed by atoms with Gasteiger partial charge in [0.05, 0.1) is 18.9 Å². The van der Waals surface area contributed by atoms with Crippen LogP contribution in [0.15, 0.2) is 54.6 Å². The van der Waals surface area contributed by atoms with Gasteiger partial charge in [0, 0.05) is 12.1 Å². The molecule has 2 aromatic carbocycles. The Kier molecular flexibility index (Phi) is 5.76. The molecule has 0 radical (unpaired) electrons. The molecule has 0 aliphatic rings. The molecule has 0 unspecified atom stereocenters. The predicted molar refractivity (Wildman–Crippen MR) is 104 cm³/mol. The number of methoxy groups -OCH3 is 1. The number of H-pyrrole nitrogens is 1. The van der Waals surface area contributed by atoms with Gasteiger partial charge in [-0.1, -0.05) is 24.3 Å². The Morgan fingerprint density at radius 1 is 1.11 bits per heavy atom. The highest BCUT2D eigenvalue weighted by Crippen LogP contribution is 2.22. The normalized spacial score (nSPS) is 10.7. The summed E-state index contributed by atoms with van der Waals surface area (Å²) in [5, 5.41) is 9.89. The van der Waals surface area contributed by atoms with Crippen LogP contribution in [0.1, 0.15) is 29.9 Å². The number of hydrogen-bond acceptors (Lipinski definition) is 4. The van der Waals surface area contributed by atoms with Gasteiger partial charge in [-0.25, -0.2) is 0 Å². The van der Waals surface area contributed by atoms with E-state index in [4.69, 9.17) is 9.47 Å². The van der Waals surface area contributed by atoms with Crippen molar-refractivity contribution in [1.82, 2.24) is 15.5 Å². The van der Waals surface area contributed by atoms with E-state index < -0.39 is 0 Å². The molecule has 1 aromatic heterocycles. The number of ether oxygens (including phenoxy) is 2. The molecule has 6 heteroatoms. The highest BCUT2D eigenvalue weighted by molar-refractivity contribution is 5.93. The molecule has 0 aliphatic carbocycles. The highest BCUT2D eigenvalue weighted by atomic mass is 16.5. The number of aromatic nitrogens is 2. The standard InChI is InChI=1S/C21H23N3O3/c1-14(2)27-17-9-7-15(8-10-17)13-22-21(25)20-12-19(23-24-20)16-5-4-6-18(11-16)26-3/h4-12,14H,13H2,1-3H3,(H,22,25)(H,23,24). The molecule has 1 heterocycles. The van der Waals surface area contributed by atoms with Crippen LogP contribution in [0.3, 0.4) is 0 Å². The molecule has 1 amide bonds. The number of rotatable bonds is 7. The lowest BCUT2D eigenvalue weighted by Crippen LogP contribution is -2.23. The van der Waals surface area contributed by atoms with Gasteiger partial charge in [-0.2, -0.15) is 5.10 Å². The van der Waals surface area contributed by atoms with Gasteiger partial charge in [0.2, 0.25) is 0 Å². The molecule has 0 bridgehead atoms. The van der Waals surface area contributed by atoms with Crippen LogP contribution in [-0.4, -0.2) is 29.3 Å². The molecule has 0 atom stereocenters. The van der Waals surface area contributed by atoms with E-state index in [1.165, 1.54) is 0 Å². The van der Waals surface area contributed by atoms with E-state index in [1.54, 1.807) is 13.2 Å². The third-order valence-corrected chi connectivity index (χ3v) is 3.94. The summed E-state index contributed by atoms with van der Waals surface area (Å²) >= 11 is 0. The third kappa shape index (κ3) is 4.88. The fourth-order valence-electron chi connectivity index (χ4n) is 2.60. The van der Waals surface area contributed by atoms with Crippen molar-refractivity contribution < 1.29 is 14.3 Å². The Balaban J connectivity index is 1.61. The lowest BCUT2D eigenvalue weighted by Gasteiger charge is -2.10. The van der Waals surface area contributed by atoms with Crippen LogP contribution in [0.25, 0.3) is 11.3 Å². The topological polar surface area (TPSA) is 76.2 Å². The van der Waals surface area contributed by atoms with E-state index >= 15 is 0 Å². The van der Waals surface area contributed by atoms with Crippen molar-refractivity contribution in [2.45, 2.75) is 26.5 Å². The van der Waals surface area contributed by atoms with Gasteiger partial charge < -0.3 is 14.8 Å². The van der Waals surface area contributed by atoms with Crippen molar-refractivity contribution >= 4 is 5.91 Å². The monoisotopic (exact) mass is 365 g/mol. The molecule has 27 heavy (non-hydrogen) atoms. The van der Waals surface area contributed by atoms with E-state index in [9.17, 15) is 4.79 Å². The molecule has 140 valence electrons. The van der Waals surface area contributed by atoms with Gasteiger partial charge >= 0.3 is 0 Å². The van der Waals surface area contributed by atoms with Crippen LogP contribution in [0, 0.1) is 0 Å². The highest BCUT2D eigenvalue weighted by Gasteiger charge is 2.11. The van der Waals surface area contributed by atoms with Gasteiger partial charge in [0.1, 0.15) is 17.2 Å². The number of nitrogens with zero attached hydrogens (tertiary/aromatic N) is 1. The Hall–Kier alpha value is -3.28. The van der Waals surface area contributed by atoms with Crippen LogP contribution < -0.4 is 14.8 Å². The molecule has 6 nitrogen and oxygen atoms in total. The first-order valence-electron chi connectivity index (χ1n) is 8.79. The SMILES string of the molecule is COc1cccc(-c2cc(C(=O)NCc3ccc(OC(C)C)cc3)[nH]n2)c1. The smallest absolute Gasteiger partial charge is 0.269 e. The van der Waals surface area contributed by atoms with Gasteiger partial charge in [0.25, 0.3) is 5.91 Å². The molecular formula is C21H23N3O3. The number of aromatic amines is 1. The van der Waals surface area contributed by atoms with E-state index in [0.29, 0.717) is 17.9 Å². The zero-order valence-electron chi connectivity index (χ0n) is 15.7. The maximum atomic E-state index is 12.4. The number of carbonyl (C=O) groups is 1. The second-order valence-corrected chi connectivity index (χ2v) is 6.39. The Bertz CT molecular complexity index is 901. The van der Waals surface area contributed by atoms with Crippen LogP contribution >= 0.6 is 0 Å². The first kappa shape index (κ1) is 18.5. The molecule has 2 N–H and O–H groups in total. The molecule has 0 spiro atoms. The Labute approximate surface area is 158 Å². The minimum Gasteiger partial charge on any atom is -0.497 e. The minimum atomic E-state index is -0.209. The molecule has 0 saturated carbocycles. The lowest BCUT2D eigenvalue weighted by atomic mass is 10.1. The average molecular weight is 365 g/mol. The second kappa shape index (κ2) is 8.40. The average Bonchev–Trinajstić information content (AvgIpc) is 3.17. The van der Waals surface area contributed by atoms with Crippen molar-refractivity contribution in [2.24, 2.45) is 0 Å². The van der Waals surface area contributed by atoms with Gasteiger partial charge in [-0.05, 0) is 49.7 Å². The number of nitrogens with one attached hydrogen (secondary N) is 2. The quantitative estimate of drug-likeness (QED) is 0.668. The lowest BCUT2D eigenvalue weighted by molar-refractivity contribution is 0.0946. The fraction of sp³-hybridized carbons (Fsp3) is 0.238. The first-order chi connectivity index (χ1) is 13.0. The molecule has 3 rings (SSSR count). The maximum Gasteiger partial charge on any atom is 0.269 e. The Morgan fingerprint density at radius 3 is 2.59 bits per heavy atom. The molecule has 0 aliphatic heterocycles. The first-order valence-corrected chi connectivity index (χ1v) is 8.79. The summed E-state index contributed by atoms with van der Waals surface area (Å²) in [5.41, 5.74) is 2.97. The number of hydrogen-bond donors (Lipinski definition) is 2. The zero-order valence-corrected chi connectivity index (χ0v) is 15.7. The maximum absolute atomic E-state index is 12.4. The zero-order chi connectivity index (χ0) is 19.2. The predicted octanol–water partition coefficient (Wildman–Crippen LogP) is 3.80. The summed E-state index contributed by atoms with van der Waals surface area (Å²) in [6.07, 6.45) is 0.134.